The van der Waals surface area contributed by atoms with Crippen LogP contribution in [-0.4, -0.2) is 19.7 Å². The first-order valence-electron chi connectivity index (χ1n) is 5.17. The van der Waals surface area contributed by atoms with E-state index < -0.39 is 19.7 Å². The number of alkyl halides is 4. The zero-order valence-electron chi connectivity index (χ0n) is 10.1. The van der Waals surface area contributed by atoms with Gasteiger partial charge in [0.05, 0.1) is 0 Å². The van der Waals surface area contributed by atoms with E-state index in [-0.39, 0.29) is 5.75 Å². The molecule has 0 bridgehead atoms. The predicted octanol–water partition coefficient (Wildman–Crippen LogP) is 4.82. The smallest absolute Gasteiger partial charge is 0.428 e. The molecule has 0 heterocycles. The summed E-state index contributed by atoms with van der Waals surface area (Å²) in [6.07, 6.45) is -4.54. The number of rotatable bonds is 4. The highest BCUT2D eigenvalue weighted by Crippen LogP contribution is 2.42. The fourth-order valence-corrected chi connectivity index (χ4v) is 2.20. The average Bonchev–Trinajstić information content (AvgIpc) is 2.19. The quantitative estimate of drug-likeness (QED) is 0.572. The van der Waals surface area contributed by atoms with Gasteiger partial charge in [0.2, 0.25) is 0 Å². The zero-order chi connectivity index (χ0) is 14.2. The van der Waals surface area contributed by atoms with E-state index in [1.807, 2.05) is 0 Å². The lowest BCUT2D eigenvalue weighted by Crippen LogP contribution is -2.59. The van der Waals surface area contributed by atoms with Crippen molar-refractivity contribution in [2.45, 2.75) is 31.3 Å². The van der Waals surface area contributed by atoms with Crippen LogP contribution in [0.3, 0.4) is 0 Å². The molecule has 102 valence electrons. The summed E-state index contributed by atoms with van der Waals surface area (Å²) >= 11 is 5.56. The van der Waals surface area contributed by atoms with Crippen molar-refractivity contribution < 1.29 is 22.3 Å². The Balaban J connectivity index is 2.97. The Morgan fingerprint density at radius 3 is 1.83 bits per heavy atom. The monoisotopic (exact) mass is 300 g/mol. The molecular formula is C11H13ClF4OSi. The normalized spacial score (nSPS) is 13.6. The highest BCUT2D eigenvalue weighted by atomic mass is 35.5. The van der Waals surface area contributed by atoms with Gasteiger partial charge in [0.25, 0.3) is 0 Å². The molecule has 0 atom stereocenters. The second-order valence-corrected chi connectivity index (χ2v) is 10.5. The first-order valence-corrected chi connectivity index (χ1v) is 9.05. The summed E-state index contributed by atoms with van der Waals surface area (Å²) in [5.74, 6) is -0.345. The van der Waals surface area contributed by atoms with Crippen molar-refractivity contribution >= 4 is 19.7 Å². The Kier molecular flexibility index (Phi) is 4.02. The molecule has 0 aromatic heterocycles. The molecule has 0 fully saturated rings. The molecular weight excluding hydrogens is 288 g/mol. The summed E-state index contributed by atoms with van der Waals surface area (Å²) < 4.78 is 58.4. The van der Waals surface area contributed by atoms with Crippen molar-refractivity contribution in [2.75, 3.05) is 0 Å². The first-order chi connectivity index (χ1) is 7.97. The van der Waals surface area contributed by atoms with Gasteiger partial charge in [-0.05, 0) is 24.3 Å². The van der Waals surface area contributed by atoms with Crippen molar-refractivity contribution in [1.29, 1.82) is 0 Å². The van der Waals surface area contributed by atoms with E-state index in [4.69, 9.17) is 11.6 Å². The summed E-state index contributed by atoms with van der Waals surface area (Å²) in [7, 11) is -3.42. The van der Waals surface area contributed by atoms with Gasteiger partial charge in [0, 0.05) is 5.02 Å². The topological polar surface area (TPSA) is 9.23 Å². The molecule has 18 heavy (non-hydrogen) atoms. The van der Waals surface area contributed by atoms with E-state index in [0.717, 1.165) is 31.8 Å². The first kappa shape index (κ1) is 15.3. The van der Waals surface area contributed by atoms with Crippen LogP contribution >= 0.6 is 11.6 Å². The molecule has 0 radical (unpaired) electrons. The standard InChI is InChI=1S/C11H13ClF4OSi/c1-18(2,3)11(15,16)10(13,14)17-9-6-4-8(12)5-7-9/h4-7H,1-3H3. The molecule has 1 rings (SSSR count). The Morgan fingerprint density at radius 1 is 1.00 bits per heavy atom. The molecule has 0 aliphatic rings. The minimum absolute atomic E-state index is 0.308. The third-order valence-electron chi connectivity index (χ3n) is 2.37. The highest BCUT2D eigenvalue weighted by molar-refractivity contribution is 6.78. The number of halogens is 5. The lowest BCUT2D eigenvalue weighted by atomic mass is 10.3. The minimum Gasteiger partial charge on any atom is -0.428 e. The molecule has 1 nitrogen and oxygen atoms in total. The van der Waals surface area contributed by atoms with Gasteiger partial charge in [-0.15, -0.1) is 0 Å². The Morgan fingerprint density at radius 2 is 1.44 bits per heavy atom. The van der Waals surface area contributed by atoms with Crippen LogP contribution in [0, 0.1) is 0 Å². The predicted molar refractivity (Wildman–Crippen MR) is 65.3 cm³/mol. The SMILES string of the molecule is C[Si](C)(C)C(F)(F)C(F)(F)Oc1ccc(Cl)cc1. The fourth-order valence-electron chi connectivity index (χ4n) is 1.15. The van der Waals surface area contributed by atoms with Crippen LogP contribution in [0.1, 0.15) is 0 Å². The largest absolute Gasteiger partial charge is 0.459 e. The maximum absolute atomic E-state index is 13.6. The van der Waals surface area contributed by atoms with Crippen LogP contribution in [0.25, 0.3) is 0 Å². The zero-order valence-corrected chi connectivity index (χ0v) is 11.9. The van der Waals surface area contributed by atoms with Crippen LogP contribution in [0.15, 0.2) is 24.3 Å². The van der Waals surface area contributed by atoms with Gasteiger partial charge in [-0.1, -0.05) is 31.2 Å². The lowest BCUT2D eigenvalue weighted by Gasteiger charge is -2.34. The molecule has 0 saturated carbocycles. The summed E-state index contributed by atoms with van der Waals surface area (Å²) in [5.41, 5.74) is -4.17. The molecule has 0 spiro atoms. The van der Waals surface area contributed by atoms with Gasteiger partial charge in [-0.3, -0.25) is 0 Å². The number of benzene rings is 1. The molecule has 7 heteroatoms. The lowest BCUT2D eigenvalue weighted by molar-refractivity contribution is -0.278. The van der Waals surface area contributed by atoms with E-state index in [9.17, 15) is 17.6 Å². The summed E-state index contributed by atoms with van der Waals surface area (Å²) in [4.78, 5) is 0. The fraction of sp³-hybridized carbons (Fsp3) is 0.455. The Hall–Kier alpha value is -0.753. The molecule has 0 N–H and O–H groups in total. The van der Waals surface area contributed by atoms with Gasteiger partial charge in [-0.2, -0.15) is 8.78 Å². The van der Waals surface area contributed by atoms with E-state index in [2.05, 4.69) is 4.74 Å². The highest BCUT2D eigenvalue weighted by Gasteiger charge is 2.66. The van der Waals surface area contributed by atoms with Crippen LogP contribution in [-0.2, 0) is 0 Å². The molecule has 1 aromatic rings. The summed E-state index contributed by atoms with van der Waals surface area (Å²) in [5, 5.41) is 0.308. The number of hydrogen-bond donors (Lipinski definition) is 0. The van der Waals surface area contributed by atoms with Gasteiger partial charge >= 0.3 is 11.7 Å². The van der Waals surface area contributed by atoms with Crippen molar-refractivity contribution in [1.82, 2.24) is 0 Å². The van der Waals surface area contributed by atoms with Crippen LogP contribution in [0.2, 0.25) is 24.7 Å². The third kappa shape index (κ3) is 2.98. The Labute approximate surface area is 109 Å². The van der Waals surface area contributed by atoms with Crippen LogP contribution in [0.5, 0.6) is 5.75 Å². The van der Waals surface area contributed by atoms with Gasteiger partial charge in [0.1, 0.15) is 13.8 Å². The second-order valence-electron chi connectivity index (χ2n) is 4.90. The Bertz CT molecular complexity index is 414. The average molecular weight is 301 g/mol. The van der Waals surface area contributed by atoms with Crippen molar-refractivity contribution in [3.63, 3.8) is 0 Å². The van der Waals surface area contributed by atoms with Crippen molar-refractivity contribution in [3.8, 4) is 5.75 Å². The second kappa shape index (κ2) is 4.73. The minimum atomic E-state index is -4.54. The van der Waals surface area contributed by atoms with E-state index in [0.29, 0.717) is 5.02 Å². The van der Waals surface area contributed by atoms with Gasteiger partial charge < -0.3 is 4.74 Å². The van der Waals surface area contributed by atoms with Gasteiger partial charge in [0.15, 0.2) is 0 Å². The van der Waals surface area contributed by atoms with E-state index in [1.54, 1.807) is 0 Å². The maximum atomic E-state index is 13.6. The van der Waals surface area contributed by atoms with Crippen molar-refractivity contribution in [2.24, 2.45) is 0 Å². The van der Waals surface area contributed by atoms with Crippen molar-refractivity contribution in [3.05, 3.63) is 29.3 Å². The maximum Gasteiger partial charge on any atom is 0.459 e. The summed E-state index contributed by atoms with van der Waals surface area (Å²) in [6, 6.07) is 4.83. The molecule has 1 aromatic carbocycles. The molecule has 0 unspecified atom stereocenters. The molecule has 0 saturated heterocycles. The van der Waals surface area contributed by atoms with Crippen LogP contribution < -0.4 is 4.74 Å². The molecule has 0 amide bonds. The number of ether oxygens (including phenoxy) is 1. The molecule has 0 aliphatic carbocycles. The third-order valence-corrected chi connectivity index (χ3v) is 4.79. The molecule has 0 aliphatic heterocycles. The van der Waals surface area contributed by atoms with E-state index >= 15 is 0 Å². The van der Waals surface area contributed by atoms with Gasteiger partial charge in [-0.25, -0.2) is 8.78 Å². The van der Waals surface area contributed by atoms with E-state index in [1.165, 1.54) is 12.1 Å². The number of hydrogen-bond acceptors (Lipinski definition) is 1. The summed E-state index contributed by atoms with van der Waals surface area (Å²) in [6.45, 7) is 3.48. The van der Waals surface area contributed by atoms with Crippen LogP contribution in [0.4, 0.5) is 17.6 Å².